The van der Waals surface area contributed by atoms with E-state index in [0.29, 0.717) is 51.4 Å². The van der Waals surface area contributed by atoms with Gasteiger partial charge in [0.15, 0.2) is 0 Å². The number of aliphatic hydroxyl groups excluding tert-OH is 2. The number of unbranched alkanes of at least 4 members (excludes halogenated alkanes) is 1. The molecule has 0 radical (unpaired) electrons. The Labute approximate surface area is 264 Å². The Morgan fingerprint density at radius 2 is 1.76 bits per heavy atom. The van der Waals surface area contributed by atoms with Gasteiger partial charge in [-0.3, -0.25) is 14.4 Å². The molecule has 2 rings (SSSR count). The first kappa shape index (κ1) is 37.6. The highest BCUT2D eigenvalue weighted by molar-refractivity contribution is 5.82. The largest absolute Gasteiger partial charge is 0.463 e. The second-order valence-corrected chi connectivity index (χ2v) is 11.4. The van der Waals surface area contributed by atoms with Crippen molar-refractivity contribution in [3.8, 4) is 0 Å². The van der Waals surface area contributed by atoms with Gasteiger partial charge in [-0.25, -0.2) is 0 Å². The lowest BCUT2D eigenvalue weighted by atomic mass is 9.85. The second-order valence-electron chi connectivity index (χ2n) is 11.4. The van der Waals surface area contributed by atoms with E-state index in [9.17, 15) is 34.7 Å². The van der Waals surface area contributed by atoms with Crippen LogP contribution < -0.4 is 5.32 Å². The Kier molecular flexibility index (Phi) is 17.8. The summed E-state index contributed by atoms with van der Waals surface area (Å²) in [5.41, 5.74) is 1.09. The molecule has 1 aromatic rings. The number of nitrogens with zero attached hydrogens (tertiary/aromatic N) is 1. The van der Waals surface area contributed by atoms with E-state index in [-0.39, 0.29) is 50.1 Å². The number of carbonyl (C=O) groups excluding carboxylic acids is 3. The average molecular weight is 637 g/mol. The number of rotatable bonds is 22. The lowest BCUT2D eigenvalue weighted by Crippen LogP contribution is -2.35. The van der Waals surface area contributed by atoms with Gasteiger partial charge in [-0.1, -0.05) is 42.5 Å². The first-order valence-electron chi connectivity index (χ1n) is 15.6. The highest BCUT2D eigenvalue weighted by atomic mass is 17.0. The highest BCUT2D eigenvalue weighted by Crippen LogP contribution is 2.38. The molecule has 13 heteroatoms. The molecule has 0 unspecified atom stereocenters. The normalized spacial score (nSPS) is 20.2. The van der Waals surface area contributed by atoms with E-state index < -0.39 is 41.9 Å². The maximum Gasteiger partial charge on any atom is 0.325 e. The van der Waals surface area contributed by atoms with Crippen molar-refractivity contribution >= 4 is 17.8 Å². The van der Waals surface area contributed by atoms with E-state index in [2.05, 4.69) is 10.2 Å². The Bertz CT molecular complexity index is 1070. The summed E-state index contributed by atoms with van der Waals surface area (Å²) in [6, 6.07) is 9.77. The van der Waals surface area contributed by atoms with Gasteiger partial charge in [-0.2, -0.15) is 0 Å². The molecule has 1 amide bonds. The van der Waals surface area contributed by atoms with Crippen molar-refractivity contribution in [2.75, 3.05) is 26.4 Å². The average Bonchev–Trinajstić information content (AvgIpc) is 3.26. The summed E-state index contributed by atoms with van der Waals surface area (Å²) in [6.07, 6.45) is 6.84. The first-order valence-corrected chi connectivity index (χ1v) is 15.6. The predicted octanol–water partition coefficient (Wildman–Crippen LogP) is 3.08. The molecule has 3 N–H and O–H groups in total. The molecule has 13 nitrogen and oxygen atoms in total. The number of nitrogens with one attached hydrogen (secondary N) is 1. The highest BCUT2D eigenvalue weighted by Gasteiger charge is 2.40. The third-order valence-corrected chi connectivity index (χ3v) is 7.52. The summed E-state index contributed by atoms with van der Waals surface area (Å²) in [6.45, 7) is 2.39. The number of amides is 1. The fourth-order valence-corrected chi connectivity index (χ4v) is 5.36. The molecule has 0 spiro atoms. The number of ether oxygens (including phenoxy) is 3. The van der Waals surface area contributed by atoms with Crippen LogP contribution in [-0.2, 0) is 39.9 Å². The lowest BCUT2D eigenvalue weighted by molar-refractivity contribution is -0.758. The van der Waals surface area contributed by atoms with E-state index >= 15 is 0 Å². The third kappa shape index (κ3) is 16.4. The van der Waals surface area contributed by atoms with Crippen molar-refractivity contribution < 1.29 is 48.7 Å². The Hall–Kier alpha value is -3.55. The monoisotopic (exact) mass is 636 g/mol. The summed E-state index contributed by atoms with van der Waals surface area (Å²) in [7, 11) is 0. The molecule has 252 valence electrons. The van der Waals surface area contributed by atoms with Crippen LogP contribution >= 0.6 is 0 Å². The van der Waals surface area contributed by atoms with E-state index in [1.54, 1.807) is 0 Å². The standard InChI is InChI=1S/C32H48N2O11/c1-23(2)44-31(38)13-9-4-3-8-12-26-27(29(36)20-28(26)35)17-16-25(15-14-24-10-6-5-7-11-24)45-32(39)21-33-30(37)22-42-18-19-43-34(40)41/h3,5-8,10-11,23,25-29,35-36H,4,9,12-22H2,1-2H3,(H,33,37)/b8-3-/t25-,26+,27+,28-,29+/m0/s1. The maximum atomic E-state index is 12.6. The zero-order chi connectivity index (χ0) is 33.0. The summed E-state index contributed by atoms with van der Waals surface area (Å²) in [5, 5.41) is 33.0. The van der Waals surface area contributed by atoms with Crippen LogP contribution in [0.5, 0.6) is 0 Å². The molecule has 0 saturated heterocycles. The summed E-state index contributed by atoms with van der Waals surface area (Å²) < 4.78 is 15.9. The van der Waals surface area contributed by atoms with Crippen LogP contribution in [0.3, 0.4) is 0 Å². The number of hydrogen-bond donors (Lipinski definition) is 3. The number of benzene rings is 1. The minimum Gasteiger partial charge on any atom is -0.463 e. The first-order chi connectivity index (χ1) is 21.5. The van der Waals surface area contributed by atoms with Crippen LogP contribution in [0.25, 0.3) is 0 Å². The van der Waals surface area contributed by atoms with Crippen LogP contribution in [0.4, 0.5) is 0 Å². The van der Waals surface area contributed by atoms with Gasteiger partial charge in [0.25, 0.3) is 5.09 Å². The maximum absolute atomic E-state index is 12.6. The van der Waals surface area contributed by atoms with Crippen LogP contribution in [0.1, 0.15) is 70.8 Å². The molecular weight excluding hydrogens is 588 g/mol. The van der Waals surface area contributed by atoms with Gasteiger partial charge in [0, 0.05) is 6.42 Å². The fourth-order valence-electron chi connectivity index (χ4n) is 5.36. The van der Waals surface area contributed by atoms with Crippen molar-refractivity contribution in [1.29, 1.82) is 0 Å². The molecule has 0 aromatic heterocycles. The Morgan fingerprint density at radius 1 is 1.02 bits per heavy atom. The quantitative estimate of drug-likeness (QED) is 0.0559. The number of hydrogen-bond acceptors (Lipinski definition) is 11. The topological polar surface area (TPSA) is 184 Å². The summed E-state index contributed by atoms with van der Waals surface area (Å²) in [5.74, 6) is -1.75. The number of carbonyl (C=O) groups is 3. The Morgan fingerprint density at radius 3 is 2.47 bits per heavy atom. The molecule has 1 saturated carbocycles. The number of aliphatic hydroxyl groups is 2. The van der Waals surface area contributed by atoms with Gasteiger partial charge in [0.1, 0.15) is 25.9 Å². The van der Waals surface area contributed by atoms with Gasteiger partial charge in [0.05, 0.1) is 24.9 Å². The van der Waals surface area contributed by atoms with Crippen molar-refractivity contribution in [1.82, 2.24) is 5.32 Å². The molecule has 0 heterocycles. The SMILES string of the molecule is CC(C)OC(=O)CCC/C=C\C[C@@H]1[C@@H](CC[C@H](CCc2ccccc2)OC(=O)CNC(=O)COCCO[N+](=O)[O-])[C@H](O)C[C@@H]1O. The number of esters is 2. The molecule has 5 atom stereocenters. The minimum atomic E-state index is -0.959. The van der Waals surface area contributed by atoms with Crippen molar-refractivity contribution in [2.24, 2.45) is 11.8 Å². The fraction of sp³-hybridized carbons (Fsp3) is 0.656. The number of aryl methyl sites for hydroxylation is 1. The van der Waals surface area contributed by atoms with Gasteiger partial charge < -0.3 is 34.6 Å². The van der Waals surface area contributed by atoms with Crippen molar-refractivity contribution in [3.05, 3.63) is 58.2 Å². The molecule has 45 heavy (non-hydrogen) atoms. The van der Waals surface area contributed by atoms with E-state index in [0.717, 1.165) is 5.56 Å². The van der Waals surface area contributed by atoms with E-state index in [4.69, 9.17) is 14.2 Å². The molecule has 1 fully saturated rings. The van der Waals surface area contributed by atoms with Crippen LogP contribution in [0, 0.1) is 22.0 Å². The Balaban J connectivity index is 1.87. The van der Waals surface area contributed by atoms with Gasteiger partial charge >= 0.3 is 11.9 Å². The summed E-state index contributed by atoms with van der Waals surface area (Å²) in [4.78, 5) is 50.5. The smallest absolute Gasteiger partial charge is 0.325 e. The van der Waals surface area contributed by atoms with Crippen LogP contribution in [0.2, 0.25) is 0 Å². The van der Waals surface area contributed by atoms with Gasteiger partial charge in [0.2, 0.25) is 5.91 Å². The van der Waals surface area contributed by atoms with Crippen molar-refractivity contribution in [2.45, 2.75) is 96.1 Å². The van der Waals surface area contributed by atoms with Crippen LogP contribution in [-0.4, -0.2) is 83.9 Å². The molecule has 0 aliphatic heterocycles. The molecular formula is C32H48N2O11. The van der Waals surface area contributed by atoms with Crippen molar-refractivity contribution in [3.63, 3.8) is 0 Å². The molecule has 0 bridgehead atoms. The lowest BCUT2D eigenvalue weighted by Gasteiger charge is -2.25. The van der Waals surface area contributed by atoms with E-state index in [1.807, 2.05) is 56.3 Å². The molecule has 1 aliphatic rings. The van der Waals surface area contributed by atoms with Gasteiger partial charge in [-0.15, -0.1) is 10.1 Å². The zero-order valence-electron chi connectivity index (χ0n) is 26.2. The van der Waals surface area contributed by atoms with Crippen LogP contribution in [0.15, 0.2) is 42.5 Å². The third-order valence-electron chi connectivity index (χ3n) is 7.52. The number of allylic oxidation sites excluding steroid dienone is 2. The molecule has 1 aromatic carbocycles. The van der Waals surface area contributed by atoms with Gasteiger partial charge in [-0.05, 0) is 82.6 Å². The molecule has 1 aliphatic carbocycles. The second kappa shape index (κ2) is 21.2. The zero-order valence-corrected chi connectivity index (χ0v) is 26.2. The van der Waals surface area contributed by atoms with E-state index in [1.165, 1.54) is 0 Å². The minimum absolute atomic E-state index is 0.133. The summed E-state index contributed by atoms with van der Waals surface area (Å²) >= 11 is 0. The predicted molar refractivity (Wildman–Crippen MR) is 163 cm³/mol.